The van der Waals surface area contributed by atoms with Crippen LogP contribution in [0.2, 0.25) is 0 Å². The molecule has 10 nitrogen and oxygen atoms in total. The van der Waals surface area contributed by atoms with Crippen LogP contribution in [0.3, 0.4) is 0 Å². The second kappa shape index (κ2) is 7.99. The highest BCUT2D eigenvalue weighted by atomic mass is 16.5. The topological polar surface area (TPSA) is 138 Å². The molecule has 10 heteroatoms. The van der Waals surface area contributed by atoms with E-state index in [0.29, 0.717) is 39.9 Å². The van der Waals surface area contributed by atoms with Crippen molar-refractivity contribution in [2.24, 2.45) is 0 Å². The molecule has 5 rings (SSSR count). The van der Waals surface area contributed by atoms with E-state index in [0.717, 1.165) is 5.52 Å². The molecule has 0 unspecified atom stereocenters. The van der Waals surface area contributed by atoms with Gasteiger partial charge >= 0.3 is 0 Å². The largest absolute Gasteiger partial charge is 0.487 e. The van der Waals surface area contributed by atoms with Crippen molar-refractivity contribution in [2.75, 3.05) is 5.73 Å². The highest BCUT2D eigenvalue weighted by Gasteiger charge is 2.18. The van der Waals surface area contributed by atoms with Crippen LogP contribution in [-0.2, 0) is 12.2 Å². The smallest absolute Gasteiger partial charge is 0.222 e. The van der Waals surface area contributed by atoms with Crippen LogP contribution in [0.1, 0.15) is 25.2 Å². The monoisotopic (exact) mass is 443 g/mol. The van der Waals surface area contributed by atoms with Gasteiger partial charge in [0.1, 0.15) is 29.2 Å². The van der Waals surface area contributed by atoms with Gasteiger partial charge in [-0.3, -0.25) is 4.98 Å². The van der Waals surface area contributed by atoms with Crippen molar-refractivity contribution < 1.29 is 14.3 Å². The molecule has 0 bridgehead atoms. The van der Waals surface area contributed by atoms with E-state index in [4.69, 9.17) is 14.9 Å². The fourth-order valence-electron chi connectivity index (χ4n) is 3.33. The number of hydrogen-bond acceptors (Lipinski definition) is 9. The highest BCUT2D eigenvalue weighted by Crippen LogP contribution is 2.25. The van der Waals surface area contributed by atoms with Crippen LogP contribution in [0, 0.1) is 0 Å². The molecule has 5 aromatic rings. The third kappa shape index (κ3) is 4.23. The molecule has 166 valence electrons. The zero-order chi connectivity index (χ0) is 23.0. The molecular weight excluding hydrogens is 422 g/mol. The minimum absolute atomic E-state index is 0.100. The summed E-state index contributed by atoms with van der Waals surface area (Å²) in [6.45, 7) is 3.64. The van der Waals surface area contributed by atoms with E-state index in [2.05, 4.69) is 25.3 Å². The molecule has 0 saturated heterocycles. The molecule has 0 aliphatic heterocycles. The van der Waals surface area contributed by atoms with Gasteiger partial charge in [0.2, 0.25) is 5.95 Å². The van der Waals surface area contributed by atoms with Gasteiger partial charge in [0.25, 0.3) is 0 Å². The first-order valence-corrected chi connectivity index (χ1v) is 10.2. The number of anilines is 1. The van der Waals surface area contributed by atoms with E-state index in [1.165, 1.54) is 0 Å². The van der Waals surface area contributed by atoms with Gasteiger partial charge < -0.3 is 20.0 Å². The maximum Gasteiger partial charge on any atom is 0.222 e. The fraction of sp³-hybridized carbons (Fsp3) is 0.174. The van der Waals surface area contributed by atoms with E-state index >= 15 is 0 Å². The fourth-order valence-corrected chi connectivity index (χ4v) is 3.33. The average Bonchev–Trinajstić information content (AvgIpc) is 3.47. The van der Waals surface area contributed by atoms with Crippen LogP contribution < -0.4 is 10.5 Å². The summed E-state index contributed by atoms with van der Waals surface area (Å²) in [5, 5.41) is 18.6. The minimum Gasteiger partial charge on any atom is -0.487 e. The number of nitrogens with zero attached hydrogens (tertiary/aromatic N) is 6. The molecule has 0 radical (unpaired) electrons. The number of nitrogen functional groups attached to an aromatic ring is 1. The van der Waals surface area contributed by atoms with Crippen LogP contribution in [0.5, 0.6) is 5.75 Å². The third-order valence-corrected chi connectivity index (χ3v) is 4.96. The van der Waals surface area contributed by atoms with Gasteiger partial charge in [-0.15, -0.1) is 5.10 Å². The van der Waals surface area contributed by atoms with E-state index in [9.17, 15) is 5.11 Å². The number of fused-ring (bicyclic) bond motifs is 1. The Morgan fingerprint density at radius 1 is 1.06 bits per heavy atom. The van der Waals surface area contributed by atoms with Crippen molar-refractivity contribution in [3.05, 3.63) is 72.2 Å². The van der Waals surface area contributed by atoms with Crippen LogP contribution in [0.25, 0.3) is 28.3 Å². The number of ether oxygens (including phenoxy) is 1. The number of hydrogen-bond donors (Lipinski definition) is 2. The predicted octanol–water partition coefficient (Wildman–Crippen LogP) is 3.25. The third-order valence-electron chi connectivity index (χ3n) is 4.96. The predicted molar refractivity (Wildman–Crippen MR) is 120 cm³/mol. The van der Waals surface area contributed by atoms with Crippen molar-refractivity contribution in [1.29, 1.82) is 0 Å². The lowest BCUT2D eigenvalue weighted by Crippen LogP contribution is -2.18. The number of nitrogens with two attached hydrogens (primary N) is 1. The van der Waals surface area contributed by atoms with Gasteiger partial charge in [-0.2, -0.15) is 9.67 Å². The first kappa shape index (κ1) is 20.6. The van der Waals surface area contributed by atoms with Crippen molar-refractivity contribution >= 4 is 17.0 Å². The lowest BCUT2D eigenvalue weighted by molar-refractivity contribution is 0.0734. The Morgan fingerprint density at radius 2 is 1.94 bits per heavy atom. The standard InChI is InChI=1S/C23H21N7O3/c1-23(2,31)20-7-3-5-14(25-20)13-33-15-8-9-18-16(11-15)28-29-30(18)21-12-17(26-22(24)27-21)19-6-4-10-32-19/h3-12,31H,13H2,1-2H3,(H2,24,26,27). The van der Waals surface area contributed by atoms with Gasteiger partial charge in [0.15, 0.2) is 11.6 Å². The number of benzene rings is 1. The Bertz CT molecular complexity index is 1420. The summed E-state index contributed by atoms with van der Waals surface area (Å²) in [4.78, 5) is 13.0. The van der Waals surface area contributed by atoms with E-state index < -0.39 is 5.60 Å². The summed E-state index contributed by atoms with van der Waals surface area (Å²) >= 11 is 0. The molecule has 0 amide bonds. The number of furan rings is 1. The van der Waals surface area contributed by atoms with Crippen LogP contribution in [0.15, 0.2) is 65.3 Å². The quantitative estimate of drug-likeness (QED) is 0.405. The van der Waals surface area contributed by atoms with Gasteiger partial charge in [-0.25, -0.2) is 4.98 Å². The lowest BCUT2D eigenvalue weighted by atomic mass is 10.0. The van der Waals surface area contributed by atoms with Gasteiger partial charge in [0, 0.05) is 12.1 Å². The van der Waals surface area contributed by atoms with E-state index in [-0.39, 0.29) is 12.6 Å². The summed E-state index contributed by atoms with van der Waals surface area (Å²) < 4.78 is 12.9. The molecule has 0 fully saturated rings. The number of rotatable bonds is 6. The normalized spacial score (nSPS) is 11.7. The molecule has 4 aromatic heterocycles. The van der Waals surface area contributed by atoms with Crippen molar-refractivity contribution in [3.63, 3.8) is 0 Å². The second-order valence-corrected chi connectivity index (χ2v) is 7.96. The van der Waals surface area contributed by atoms with Gasteiger partial charge in [0.05, 0.1) is 23.2 Å². The molecule has 0 spiro atoms. The summed E-state index contributed by atoms with van der Waals surface area (Å²) in [5.74, 6) is 1.76. The first-order valence-electron chi connectivity index (χ1n) is 10.2. The summed E-state index contributed by atoms with van der Waals surface area (Å²) in [5.41, 5.74) is 8.08. The van der Waals surface area contributed by atoms with Crippen LogP contribution >= 0.6 is 0 Å². The van der Waals surface area contributed by atoms with Gasteiger partial charge in [-0.1, -0.05) is 11.3 Å². The zero-order valence-corrected chi connectivity index (χ0v) is 18.0. The molecule has 3 N–H and O–H groups in total. The summed E-state index contributed by atoms with van der Waals surface area (Å²) in [7, 11) is 0. The maximum absolute atomic E-state index is 10.2. The van der Waals surface area contributed by atoms with E-state index in [1.807, 2.05) is 24.3 Å². The van der Waals surface area contributed by atoms with Crippen LogP contribution in [0.4, 0.5) is 5.95 Å². The number of aliphatic hydroxyl groups is 1. The molecule has 0 atom stereocenters. The molecule has 4 heterocycles. The first-order chi connectivity index (χ1) is 15.9. The zero-order valence-electron chi connectivity index (χ0n) is 18.0. The second-order valence-electron chi connectivity index (χ2n) is 7.96. The summed E-state index contributed by atoms with van der Waals surface area (Å²) in [6.07, 6.45) is 1.57. The Kier molecular flexibility index (Phi) is 4.98. The van der Waals surface area contributed by atoms with Crippen molar-refractivity contribution in [1.82, 2.24) is 29.9 Å². The Hall–Kier alpha value is -4.31. The molecule has 0 aliphatic rings. The Morgan fingerprint density at radius 3 is 2.73 bits per heavy atom. The van der Waals surface area contributed by atoms with E-state index in [1.54, 1.807) is 55.1 Å². The van der Waals surface area contributed by atoms with Gasteiger partial charge in [-0.05, 0) is 50.2 Å². The Balaban J connectivity index is 1.40. The lowest BCUT2D eigenvalue weighted by Gasteiger charge is -2.17. The van der Waals surface area contributed by atoms with Crippen molar-refractivity contribution in [3.8, 4) is 23.0 Å². The average molecular weight is 443 g/mol. The van der Waals surface area contributed by atoms with Crippen molar-refractivity contribution in [2.45, 2.75) is 26.1 Å². The Labute approximate surface area is 188 Å². The number of aromatic nitrogens is 6. The molecule has 33 heavy (non-hydrogen) atoms. The maximum atomic E-state index is 10.2. The summed E-state index contributed by atoms with van der Waals surface area (Å²) in [6, 6.07) is 16.2. The molecule has 1 aromatic carbocycles. The molecular formula is C23H21N7O3. The number of pyridine rings is 1. The minimum atomic E-state index is -1.02. The molecule has 0 saturated carbocycles. The SMILES string of the molecule is CC(C)(O)c1cccc(COc2ccc3c(c2)nnn3-c2cc(-c3ccco3)nc(N)n2)n1. The molecule has 0 aliphatic carbocycles. The highest BCUT2D eigenvalue weighted by molar-refractivity contribution is 5.77. The van der Waals surface area contributed by atoms with Crippen LogP contribution in [-0.4, -0.2) is 35.1 Å².